The molecule has 0 aliphatic carbocycles. The summed E-state index contributed by atoms with van der Waals surface area (Å²) in [5, 5.41) is 1.07. The maximum Gasteiger partial charge on any atom is 0.285 e. The number of methoxy groups -OCH3 is 1. The first-order valence-corrected chi connectivity index (χ1v) is 8.44. The second-order valence-electron chi connectivity index (χ2n) is 4.98. The highest BCUT2D eigenvalue weighted by Crippen LogP contribution is 2.31. The number of hydrogen-bond donors (Lipinski definition) is 1. The topological polar surface area (TPSA) is 71.5 Å². The lowest BCUT2D eigenvalue weighted by Crippen LogP contribution is -2.44. The second-order valence-corrected chi connectivity index (χ2v) is 6.65. The Bertz CT molecular complexity index is 868. The fourth-order valence-electron chi connectivity index (χ4n) is 2.11. The van der Waals surface area contributed by atoms with Crippen molar-refractivity contribution in [2.24, 2.45) is 0 Å². The van der Waals surface area contributed by atoms with E-state index in [-0.39, 0.29) is 10.2 Å². The van der Waals surface area contributed by atoms with Gasteiger partial charge in [-0.1, -0.05) is 23.9 Å². The van der Waals surface area contributed by atoms with E-state index in [1.165, 1.54) is 6.20 Å². The van der Waals surface area contributed by atoms with E-state index in [9.17, 15) is 9.59 Å². The van der Waals surface area contributed by atoms with Gasteiger partial charge in [-0.15, -0.1) is 0 Å². The quantitative estimate of drug-likeness (QED) is 0.658. The SMILES string of the molecule is COc1cccc(/C=C2/SC(=S)N(NC(=O)c3cccnc3)C2=O)c1. The van der Waals surface area contributed by atoms with Crippen molar-refractivity contribution in [3.05, 3.63) is 64.8 Å². The summed E-state index contributed by atoms with van der Waals surface area (Å²) in [4.78, 5) is 29.0. The minimum absolute atomic E-state index is 0.261. The molecular formula is C17H13N3O3S2. The smallest absolute Gasteiger partial charge is 0.285 e. The highest BCUT2D eigenvalue weighted by Gasteiger charge is 2.33. The number of thioether (sulfide) groups is 1. The molecule has 1 aliphatic rings. The Kier molecular flexibility index (Phi) is 5.11. The molecule has 8 heteroatoms. The average Bonchev–Trinajstić information content (AvgIpc) is 2.90. The van der Waals surface area contributed by atoms with Gasteiger partial charge in [-0.2, -0.15) is 5.01 Å². The average molecular weight is 371 g/mol. The third-order valence-corrected chi connectivity index (χ3v) is 4.62. The number of ether oxygens (including phenoxy) is 1. The van der Waals surface area contributed by atoms with Gasteiger partial charge in [0.1, 0.15) is 5.75 Å². The summed E-state index contributed by atoms with van der Waals surface area (Å²) in [6, 6.07) is 10.5. The van der Waals surface area contributed by atoms with Crippen molar-refractivity contribution < 1.29 is 14.3 Å². The largest absolute Gasteiger partial charge is 0.497 e. The van der Waals surface area contributed by atoms with Crippen LogP contribution in [-0.4, -0.2) is 33.2 Å². The number of benzene rings is 1. The molecule has 0 atom stereocenters. The molecular weight excluding hydrogens is 358 g/mol. The number of rotatable bonds is 4. The Morgan fingerprint density at radius 1 is 1.36 bits per heavy atom. The van der Waals surface area contributed by atoms with E-state index in [0.717, 1.165) is 22.3 Å². The van der Waals surface area contributed by atoms with Gasteiger partial charge in [-0.3, -0.25) is 20.0 Å². The van der Waals surface area contributed by atoms with Crippen molar-refractivity contribution in [3.63, 3.8) is 0 Å². The summed E-state index contributed by atoms with van der Waals surface area (Å²) < 4.78 is 5.43. The highest BCUT2D eigenvalue weighted by molar-refractivity contribution is 8.26. The zero-order valence-electron chi connectivity index (χ0n) is 13.1. The summed E-state index contributed by atoms with van der Waals surface area (Å²) in [5.41, 5.74) is 3.66. The number of nitrogens with zero attached hydrogens (tertiary/aromatic N) is 2. The molecule has 2 amide bonds. The Morgan fingerprint density at radius 3 is 2.92 bits per heavy atom. The van der Waals surface area contributed by atoms with E-state index >= 15 is 0 Å². The monoisotopic (exact) mass is 371 g/mol. The molecule has 1 aromatic carbocycles. The molecule has 0 spiro atoms. The molecule has 1 N–H and O–H groups in total. The number of thiocarbonyl (C=S) groups is 1. The van der Waals surface area contributed by atoms with Gasteiger partial charge in [-0.25, -0.2) is 0 Å². The van der Waals surface area contributed by atoms with Crippen molar-refractivity contribution >= 4 is 46.2 Å². The third-order valence-electron chi connectivity index (χ3n) is 3.32. The Morgan fingerprint density at radius 2 is 2.20 bits per heavy atom. The number of carbonyl (C=O) groups excluding carboxylic acids is 2. The Balaban J connectivity index is 1.78. The summed E-state index contributed by atoms with van der Waals surface area (Å²) in [6.45, 7) is 0. The van der Waals surface area contributed by atoms with Crippen molar-refractivity contribution in [1.29, 1.82) is 0 Å². The van der Waals surface area contributed by atoms with Crippen LogP contribution >= 0.6 is 24.0 Å². The number of aromatic nitrogens is 1. The van der Waals surface area contributed by atoms with Gasteiger partial charge in [0.15, 0.2) is 4.32 Å². The predicted molar refractivity (Wildman–Crippen MR) is 99.7 cm³/mol. The van der Waals surface area contributed by atoms with Crippen LogP contribution in [0.2, 0.25) is 0 Å². The summed E-state index contributed by atoms with van der Waals surface area (Å²) in [7, 11) is 1.58. The Labute approximate surface area is 153 Å². The maximum absolute atomic E-state index is 12.5. The zero-order chi connectivity index (χ0) is 17.8. The zero-order valence-corrected chi connectivity index (χ0v) is 14.8. The minimum atomic E-state index is -0.452. The maximum atomic E-state index is 12.5. The van der Waals surface area contributed by atoms with Crippen molar-refractivity contribution in [1.82, 2.24) is 15.4 Å². The molecule has 6 nitrogen and oxygen atoms in total. The van der Waals surface area contributed by atoms with E-state index < -0.39 is 5.91 Å². The molecule has 1 fully saturated rings. The first kappa shape index (κ1) is 17.1. The molecule has 126 valence electrons. The molecule has 1 aliphatic heterocycles. The molecule has 3 rings (SSSR count). The predicted octanol–water partition coefficient (Wildman–Crippen LogP) is 2.64. The lowest BCUT2D eigenvalue weighted by molar-refractivity contribution is -0.123. The Hall–Kier alpha value is -2.71. The number of hydrogen-bond acceptors (Lipinski definition) is 6. The van der Waals surface area contributed by atoms with E-state index in [2.05, 4.69) is 10.4 Å². The molecule has 0 radical (unpaired) electrons. The first-order chi connectivity index (χ1) is 12.1. The third kappa shape index (κ3) is 3.86. The fourth-order valence-corrected chi connectivity index (χ4v) is 3.29. The highest BCUT2D eigenvalue weighted by atomic mass is 32.2. The number of carbonyl (C=O) groups is 2. The van der Waals surface area contributed by atoms with Gasteiger partial charge in [-0.05, 0) is 48.1 Å². The summed E-state index contributed by atoms with van der Waals surface area (Å²) in [5.74, 6) is -0.142. The van der Waals surface area contributed by atoms with Crippen molar-refractivity contribution in [3.8, 4) is 5.75 Å². The van der Waals surface area contributed by atoms with Gasteiger partial charge >= 0.3 is 0 Å². The second kappa shape index (κ2) is 7.45. The standard InChI is InChI=1S/C17H13N3O3S2/c1-23-13-6-2-4-11(8-13)9-14-16(22)20(17(24)25-14)19-15(21)12-5-3-7-18-10-12/h2-10H,1H3,(H,19,21)/b14-9+. The van der Waals surface area contributed by atoms with E-state index in [4.69, 9.17) is 17.0 Å². The molecule has 2 heterocycles. The number of pyridine rings is 1. The van der Waals surface area contributed by atoms with Crippen LogP contribution in [0.1, 0.15) is 15.9 Å². The van der Waals surface area contributed by atoms with Crippen LogP contribution in [0.5, 0.6) is 5.75 Å². The molecule has 0 unspecified atom stereocenters. The molecule has 0 bridgehead atoms. The van der Waals surface area contributed by atoms with Crippen LogP contribution in [0.4, 0.5) is 0 Å². The van der Waals surface area contributed by atoms with Crippen LogP contribution in [-0.2, 0) is 4.79 Å². The molecule has 1 saturated heterocycles. The molecule has 2 aromatic rings. The van der Waals surface area contributed by atoms with Crippen molar-refractivity contribution in [2.45, 2.75) is 0 Å². The molecule has 0 saturated carbocycles. The number of hydrazine groups is 1. The summed E-state index contributed by atoms with van der Waals surface area (Å²) in [6.07, 6.45) is 4.68. The van der Waals surface area contributed by atoms with Crippen LogP contribution < -0.4 is 10.2 Å². The van der Waals surface area contributed by atoms with Crippen LogP contribution in [0.3, 0.4) is 0 Å². The summed E-state index contributed by atoms with van der Waals surface area (Å²) >= 11 is 6.33. The van der Waals surface area contributed by atoms with Crippen LogP contribution in [0.15, 0.2) is 53.7 Å². The first-order valence-electron chi connectivity index (χ1n) is 7.21. The van der Waals surface area contributed by atoms with Gasteiger partial charge in [0.25, 0.3) is 11.8 Å². The van der Waals surface area contributed by atoms with Gasteiger partial charge in [0, 0.05) is 12.4 Å². The van der Waals surface area contributed by atoms with Gasteiger partial charge < -0.3 is 4.74 Å². The van der Waals surface area contributed by atoms with Crippen LogP contribution in [0.25, 0.3) is 6.08 Å². The fraction of sp³-hybridized carbons (Fsp3) is 0.0588. The van der Waals surface area contributed by atoms with Gasteiger partial charge in [0.05, 0.1) is 17.6 Å². The number of amides is 2. The van der Waals surface area contributed by atoms with Crippen LogP contribution in [0, 0.1) is 0 Å². The van der Waals surface area contributed by atoms with E-state index in [0.29, 0.717) is 16.2 Å². The minimum Gasteiger partial charge on any atom is -0.497 e. The lowest BCUT2D eigenvalue weighted by Gasteiger charge is -2.15. The van der Waals surface area contributed by atoms with Crippen molar-refractivity contribution in [2.75, 3.05) is 7.11 Å². The van der Waals surface area contributed by atoms with E-state index in [1.54, 1.807) is 37.6 Å². The lowest BCUT2D eigenvalue weighted by atomic mass is 10.2. The molecule has 1 aromatic heterocycles. The normalized spacial score (nSPS) is 15.6. The number of nitrogens with one attached hydrogen (secondary N) is 1. The van der Waals surface area contributed by atoms with E-state index in [1.807, 2.05) is 18.2 Å². The molecule has 25 heavy (non-hydrogen) atoms. The van der Waals surface area contributed by atoms with Gasteiger partial charge in [0.2, 0.25) is 0 Å².